The third kappa shape index (κ3) is 4.04. The van der Waals surface area contributed by atoms with Gasteiger partial charge >= 0.3 is 0 Å². The van der Waals surface area contributed by atoms with Gasteiger partial charge in [-0.3, -0.25) is 9.59 Å². The number of carbonyl (C=O) groups excluding carboxylic acids is 2. The van der Waals surface area contributed by atoms with Crippen molar-refractivity contribution >= 4 is 40.4 Å². The fraction of sp³-hybridized carbons (Fsp3) is 0.364. The molecule has 1 atom stereocenters. The van der Waals surface area contributed by atoms with Crippen molar-refractivity contribution in [2.75, 3.05) is 20.8 Å². The van der Waals surface area contributed by atoms with Gasteiger partial charge in [-0.25, -0.2) is 0 Å². The minimum Gasteiger partial charge on any atom is -0.507 e. The van der Waals surface area contributed by atoms with E-state index in [0.29, 0.717) is 12.3 Å². The molecule has 1 aromatic heterocycles. The van der Waals surface area contributed by atoms with Gasteiger partial charge in [0.05, 0.1) is 36.4 Å². The summed E-state index contributed by atoms with van der Waals surface area (Å²) in [6, 6.07) is 6.09. The Labute approximate surface area is 184 Å². The smallest absolute Gasteiger partial charge is 0.295 e. The van der Waals surface area contributed by atoms with Crippen molar-refractivity contribution in [1.82, 2.24) is 4.90 Å². The van der Waals surface area contributed by atoms with E-state index >= 15 is 0 Å². The predicted molar refractivity (Wildman–Crippen MR) is 117 cm³/mol. The Kier molecular flexibility index (Phi) is 7.05. The van der Waals surface area contributed by atoms with Gasteiger partial charge in [0.15, 0.2) is 0 Å². The van der Waals surface area contributed by atoms with E-state index in [2.05, 4.69) is 6.92 Å². The normalized spacial score (nSPS) is 18.1. The van der Waals surface area contributed by atoms with Crippen molar-refractivity contribution in [3.63, 3.8) is 0 Å². The molecule has 8 heteroatoms. The van der Waals surface area contributed by atoms with Gasteiger partial charge in [0.1, 0.15) is 17.3 Å². The van der Waals surface area contributed by atoms with Crippen LogP contribution < -0.4 is 9.47 Å². The average molecular weight is 450 g/mol. The lowest BCUT2D eigenvalue weighted by Crippen LogP contribution is -2.30. The lowest BCUT2D eigenvalue weighted by molar-refractivity contribution is -0.139. The molecular weight excluding hydrogens is 426 g/mol. The summed E-state index contributed by atoms with van der Waals surface area (Å²) in [7, 11) is 2.92. The molecule has 1 fully saturated rings. The molecule has 0 aliphatic carbocycles. The van der Waals surface area contributed by atoms with Crippen LogP contribution >= 0.6 is 22.9 Å². The summed E-state index contributed by atoms with van der Waals surface area (Å²) in [4.78, 5) is 28.2. The molecule has 160 valence electrons. The van der Waals surface area contributed by atoms with Crippen molar-refractivity contribution in [3.8, 4) is 11.5 Å². The van der Waals surface area contributed by atoms with Crippen LogP contribution in [0, 0.1) is 0 Å². The Bertz CT molecular complexity index is 970. The third-order valence-electron chi connectivity index (χ3n) is 5.08. The summed E-state index contributed by atoms with van der Waals surface area (Å²) in [5.74, 6) is -0.970. The number of thiophene rings is 1. The second-order valence-corrected chi connectivity index (χ2v) is 8.29. The summed E-state index contributed by atoms with van der Waals surface area (Å²) in [5.41, 5.74) is 0.273. The minimum absolute atomic E-state index is 0.0403. The van der Waals surface area contributed by atoms with Crippen LogP contribution in [0.2, 0.25) is 5.02 Å². The SMILES string of the molecule is CCCCCN1C(=O)C(=O)/C(=C(\O)c2cc(Cl)c(OC)cc2OC)C1c1cccs1. The zero-order valence-electron chi connectivity index (χ0n) is 17.1. The first-order valence-electron chi connectivity index (χ1n) is 9.68. The van der Waals surface area contributed by atoms with Crippen LogP contribution in [0.4, 0.5) is 0 Å². The summed E-state index contributed by atoms with van der Waals surface area (Å²) in [5, 5.41) is 13.3. The molecule has 3 rings (SSSR count). The maximum atomic E-state index is 13.0. The quantitative estimate of drug-likeness (QED) is 0.265. The molecule has 1 aromatic carbocycles. The molecule has 1 saturated heterocycles. The topological polar surface area (TPSA) is 76.1 Å². The number of hydrogen-bond donors (Lipinski definition) is 1. The van der Waals surface area contributed by atoms with E-state index in [1.165, 1.54) is 37.7 Å². The zero-order valence-corrected chi connectivity index (χ0v) is 18.7. The van der Waals surface area contributed by atoms with Crippen LogP contribution in [0.5, 0.6) is 11.5 Å². The molecule has 1 amide bonds. The number of aliphatic hydroxyl groups is 1. The molecular formula is C22H24ClNO5S. The lowest BCUT2D eigenvalue weighted by atomic mass is 9.99. The van der Waals surface area contributed by atoms with Crippen molar-refractivity contribution in [2.45, 2.75) is 32.2 Å². The van der Waals surface area contributed by atoms with E-state index in [1.54, 1.807) is 4.90 Å². The Balaban J connectivity index is 2.16. The highest BCUT2D eigenvalue weighted by molar-refractivity contribution is 7.10. The van der Waals surface area contributed by atoms with Crippen LogP contribution in [-0.4, -0.2) is 42.5 Å². The number of rotatable bonds is 8. The molecule has 2 heterocycles. The number of aliphatic hydroxyl groups excluding tert-OH is 1. The second kappa shape index (κ2) is 9.53. The number of unbranched alkanes of at least 4 members (excludes halogenated alkanes) is 2. The lowest BCUT2D eigenvalue weighted by Gasteiger charge is -2.24. The standard InChI is InChI=1S/C22H24ClNO5S/c1-4-5-6-9-24-19(17-8-7-10-30-17)18(21(26)22(24)27)20(25)13-11-14(23)16(29-3)12-15(13)28-2/h7-8,10-12,19,25H,4-6,9H2,1-3H3/b20-18-. The fourth-order valence-electron chi connectivity index (χ4n) is 3.58. The largest absolute Gasteiger partial charge is 0.507 e. The molecule has 30 heavy (non-hydrogen) atoms. The number of carbonyl (C=O) groups is 2. The number of amides is 1. The van der Waals surface area contributed by atoms with Crippen LogP contribution in [0.1, 0.15) is 42.7 Å². The number of Topliss-reactive ketones (excluding diaryl/α,β-unsaturated/α-hetero) is 1. The Morgan fingerprint density at radius 1 is 1.20 bits per heavy atom. The number of ketones is 1. The van der Waals surface area contributed by atoms with Crippen LogP contribution in [0.25, 0.3) is 5.76 Å². The first kappa shape index (κ1) is 22.2. The molecule has 1 aliphatic rings. The minimum atomic E-state index is -0.712. The number of ether oxygens (including phenoxy) is 2. The molecule has 0 radical (unpaired) electrons. The van der Waals surface area contributed by atoms with Crippen LogP contribution in [0.15, 0.2) is 35.2 Å². The van der Waals surface area contributed by atoms with Gasteiger partial charge in [-0.2, -0.15) is 0 Å². The average Bonchev–Trinajstić information content (AvgIpc) is 3.35. The van der Waals surface area contributed by atoms with Crippen molar-refractivity contribution in [3.05, 3.63) is 50.7 Å². The summed E-state index contributed by atoms with van der Waals surface area (Å²) in [6.45, 7) is 2.52. The monoisotopic (exact) mass is 449 g/mol. The summed E-state index contributed by atoms with van der Waals surface area (Å²) >= 11 is 7.68. The number of likely N-dealkylation sites (tertiary alicyclic amines) is 1. The van der Waals surface area contributed by atoms with Crippen LogP contribution in [-0.2, 0) is 9.59 Å². The maximum absolute atomic E-state index is 13.0. The van der Waals surface area contributed by atoms with Crippen molar-refractivity contribution in [1.29, 1.82) is 0 Å². The van der Waals surface area contributed by atoms with Gasteiger partial charge in [-0.05, 0) is 23.9 Å². The molecule has 0 spiro atoms. The van der Waals surface area contributed by atoms with Crippen LogP contribution in [0.3, 0.4) is 0 Å². The van der Waals surface area contributed by atoms with E-state index in [4.69, 9.17) is 21.1 Å². The van der Waals surface area contributed by atoms with Gasteiger partial charge in [0.2, 0.25) is 0 Å². The number of hydrogen-bond acceptors (Lipinski definition) is 6. The molecule has 2 aromatic rings. The van der Waals surface area contributed by atoms with E-state index in [0.717, 1.165) is 24.1 Å². The first-order valence-corrected chi connectivity index (χ1v) is 10.9. The number of methoxy groups -OCH3 is 2. The zero-order chi connectivity index (χ0) is 21.8. The Morgan fingerprint density at radius 2 is 1.93 bits per heavy atom. The van der Waals surface area contributed by atoms with Crippen molar-refractivity contribution < 1.29 is 24.2 Å². The fourth-order valence-corrected chi connectivity index (χ4v) is 4.66. The van der Waals surface area contributed by atoms with E-state index in [-0.39, 0.29) is 27.7 Å². The Hall–Kier alpha value is -2.51. The van der Waals surface area contributed by atoms with Gasteiger partial charge < -0.3 is 19.5 Å². The number of nitrogens with zero attached hydrogens (tertiary/aromatic N) is 1. The molecule has 1 aliphatic heterocycles. The maximum Gasteiger partial charge on any atom is 0.295 e. The predicted octanol–water partition coefficient (Wildman–Crippen LogP) is 5.03. The number of halogens is 1. The Morgan fingerprint density at radius 3 is 2.53 bits per heavy atom. The van der Waals surface area contributed by atoms with E-state index in [9.17, 15) is 14.7 Å². The molecule has 6 nitrogen and oxygen atoms in total. The van der Waals surface area contributed by atoms with Gasteiger partial charge in [0, 0.05) is 17.5 Å². The van der Waals surface area contributed by atoms with Gasteiger partial charge in [-0.1, -0.05) is 37.4 Å². The molecule has 1 N–H and O–H groups in total. The van der Waals surface area contributed by atoms with E-state index in [1.807, 2.05) is 17.5 Å². The first-order chi connectivity index (χ1) is 14.4. The second-order valence-electron chi connectivity index (χ2n) is 6.90. The molecule has 1 unspecified atom stereocenters. The summed E-state index contributed by atoms with van der Waals surface area (Å²) < 4.78 is 10.6. The van der Waals surface area contributed by atoms with E-state index < -0.39 is 17.7 Å². The highest BCUT2D eigenvalue weighted by Crippen LogP contribution is 2.44. The van der Waals surface area contributed by atoms with Gasteiger partial charge in [-0.15, -0.1) is 11.3 Å². The molecule has 0 saturated carbocycles. The summed E-state index contributed by atoms with van der Waals surface area (Å²) in [6.07, 6.45) is 2.72. The third-order valence-corrected chi connectivity index (χ3v) is 6.30. The molecule has 0 bridgehead atoms. The van der Waals surface area contributed by atoms with Gasteiger partial charge in [0.25, 0.3) is 11.7 Å². The highest BCUT2D eigenvalue weighted by atomic mass is 35.5. The number of benzene rings is 1. The van der Waals surface area contributed by atoms with Crippen molar-refractivity contribution in [2.24, 2.45) is 0 Å². The highest BCUT2D eigenvalue weighted by Gasteiger charge is 2.46.